The van der Waals surface area contributed by atoms with E-state index < -0.39 is 0 Å². The van der Waals surface area contributed by atoms with E-state index in [1.54, 1.807) is 6.07 Å². The zero-order valence-electron chi connectivity index (χ0n) is 10.9. The Morgan fingerprint density at radius 2 is 2.06 bits per heavy atom. The second-order valence-corrected chi connectivity index (χ2v) is 6.42. The first-order valence-corrected chi connectivity index (χ1v) is 7.09. The number of methoxy groups -OCH3 is 1. The zero-order valence-corrected chi connectivity index (χ0v) is 13.3. The van der Waals surface area contributed by atoms with Crippen molar-refractivity contribution in [3.63, 3.8) is 0 Å². The van der Waals surface area contributed by atoms with E-state index in [0.29, 0.717) is 23.2 Å². The average Bonchev–Trinajstić information content (AvgIpc) is 2.64. The fourth-order valence-corrected chi connectivity index (χ4v) is 2.71. The predicted molar refractivity (Wildman–Crippen MR) is 74.6 cm³/mol. The minimum atomic E-state index is -0.360. The molecule has 0 N–H and O–H groups in total. The van der Waals surface area contributed by atoms with Gasteiger partial charge in [0.25, 0.3) is 0 Å². The number of carbonyl (C=O) groups is 1. The second kappa shape index (κ2) is 6.54. The van der Waals surface area contributed by atoms with Crippen LogP contribution >= 0.6 is 27.3 Å². The molecule has 0 radical (unpaired) electrons. The van der Waals surface area contributed by atoms with E-state index in [-0.39, 0.29) is 11.6 Å². The van der Waals surface area contributed by atoms with Crippen LogP contribution in [0.3, 0.4) is 0 Å². The minimum absolute atomic E-state index is 0.173. The molecule has 0 atom stereocenters. The van der Waals surface area contributed by atoms with Gasteiger partial charge in [0.2, 0.25) is 0 Å². The molecule has 0 fully saturated rings. The summed E-state index contributed by atoms with van der Waals surface area (Å²) in [6.45, 7) is 6.91. The van der Waals surface area contributed by atoms with Gasteiger partial charge in [0, 0.05) is 0 Å². The molecule has 0 aliphatic carbocycles. The highest BCUT2D eigenvalue weighted by Crippen LogP contribution is 2.35. The highest BCUT2D eigenvalue weighted by atomic mass is 79.9. The third-order valence-corrected chi connectivity index (χ3v) is 3.77. The SMILES string of the molecule is COC(=O)c1cc(Br)c(OCCOC(C)(C)C)s1. The van der Waals surface area contributed by atoms with Crippen LogP contribution in [-0.2, 0) is 9.47 Å². The molecule has 0 aliphatic rings. The van der Waals surface area contributed by atoms with Crippen LogP contribution in [-0.4, -0.2) is 31.9 Å². The third kappa shape index (κ3) is 4.96. The van der Waals surface area contributed by atoms with Gasteiger partial charge in [-0.3, -0.25) is 0 Å². The van der Waals surface area contributed by atoms with E-state index >= 15 is 0 Å². The van der Waals surface area contributed by atoms with Crippen LogP contribution in [0.25, 0.3) is 0 Å². The second-order valence-electron chi connectivity index (χ2n) is 4.55. The predicted octanol–water partition coefficient (Wildman–Crippen LogP) is 3.49. The van der Waals surface area contributed by atoms with Crippen molar-refractivity contribution in [1.29, 1.82) is 0 Å². The first-order chi connectivity index (χ1) is 8.33. The standard InChI is InChI=1S/C12H17BrO4S/c1-12(2,3)17-6-5-16-11-8(13)7-9(18-11)10(14)15-4/h7H,5-6H2,1-4H3. The lowest BCUT2D eigenvalue weighted by Gasteiger charge is -2.19. The van der Waals surface area contributed by atoms with Gasteiger partial charge in [0.05, 0.1) is 23.8 Å². The normalized spacial score (nSPS) is 11.4. The first-order valence-electron chi connectivity index (χ1n) is 5.48. The van der Waals surface area contributed by atoms with Gasteiger partial charge in [-0.2, -0.15) is 0 Å². The van der Waals surface area contributed by atoms with Gasteiger partial charge in [-0.25, -0.2) is 4.79 Å². The smallest absolute Gasteiger partial charge is 0.348 e. The van der Waals surface area contributed by atoms with Crippen LogP contribution in [0.15, 0.2) is 10.5 Å². The summed E-state index contributed by atoms with van der Waals surface area (Å²) >= 11 is 4.59. The number of carbonyl (C=O) groups excluding carboxylic acids is 1. The maximum Gasteiger partial charge on any atom is 0.348 e. The Bertz CT molecular complexity index is 409. The maximum absolute atomic E-state index is 11.3. The summed E-state index contributed by atoms with van der Waals surface area (Å²) < 4.78 is 16.5. The monoisotopic (exact) mass is 336 g/mol. The van der Waals surface area contributed by atoms with Crippen molar-refractivity contribution in [3.8, 4) is 5.06 Å². The molecule has 18 heavy (non-hydrogen) atoms. The Morgan fingerprint density at radius 1 is 1.39 bits per heavy atom. The van der Waals surface area contributed by atoms with E-state index in [0.717, 1.165) is 4.47 Å². The van der Waals surface area contributed by atoms with Gasteiger partial charge in [-0.1, -0.05) is 11.3 Å². The van der Waals surface area contributed by atoms with Crippen molar-refractivity contribution in [2.45, 2.75) is 26.4 Å². The van der Waals surface area contributed by atoms with Crippen LogP contribution in [0.2, 0.25) is 0 Å². The molecule has 102 valence electrons. The van der Waals surface area contributed by atoms with Gasteiger partial charge in [0.15, 0.2) is 5.06 Å². The van der Waals surface area contributed by atoms with Crippen molar-refractivity contribution < 1.29 is 19.0 Å². The molecular weight excluding hydrogens is 320 g/mol. The van der Waals surface area contributed by atoms with E-state index in [1.807, 2.05) is 20.8 Å². The van der Waals surface area contributed by atoms with Crippen molar-refractivity contribution in [3.05, 3.63) is 15.4 Å². The maximum atomic E-state index is 11.3. The van der Waals surface area contributed by atoms with Gasteiger partial charge >= 0.3 is 5.97 Å². The number of halogens is 1. The van der Waals surface area contributed by atoms with Gasteiger partial charge in [0.1, 0.15) is 11.5 Å². The minimum Gasteiger partial charge on any atom is -0.481 e. The molecule has 1 aromatic heterocycles. The Balaban J connectivity index is 2.48. The topological polar surface area (TPSA) is 44.8 Å². The highest BCUT2D eigenvalue weighted by Gasteiger charge is 2.15. The highest BCUT2D eigenvalue weighted by molar-refractivity contribution is 9.10. The molecule has 0 saturated heterocycles. The lowest BCUT2D eigenvalue weighted by atomic mass is 10.2. The summed E-state index contributed by atoms with van der Waals surface area (Å²) in [5.41, 5.74) is -0.173. The molecule has 1 rings (SSSR count). The number of hydrogen-bond donors (Lipinski definition) is 0. The first kappa shape index (κ1) is 15.5. The fourth-order valence-electron chi connectivity index (χ4n) is 1.13. The molecule has 0 bridgehead atoms. The Morgan fingerprint density at radius 3 is 2.61 bits per heavy atom. The summed E-state index contributed by atoms with van der Waals surface area (Å²) in [7, 11) is 1.35. The van der Waals surface area contributed by atoms with Crippen molar-refractivity contribution in [2.24, 2.45) is 0 Å². The van der Waals surface area contributed by atoms with Crippen LogP contribution in [0.4, 0.5) is 0 Å². The largest absolute Gasteiger partial charge is 0.481 e. The third-order valence-electron chi connectivity index (χ3n) is 1.89. The molecular formula is C12H17BrO4S. The molecule has 0 spiro atoms. The van der Waals surface area contributed by atoms with Crippen molar-refractivity contribution in [2.75, 3.05) is 20.3 Å². The molecule has 0 unspecified atom stereocenters. The number of ether oxygens (including phenoxy) is 3. The molecule has 1 aromatic rings. The number of rotatable bonds is 5. The fraction of sp³-hybridized carbons (Fsp3) is 0.583. The molecule has 4 nitrogen and oxygen atoms in total. The average molecular weight is 337 g/mol. The Kier molecular flexibility index (Phi) is 5.62. The summed E-state index contributed by atoms with van der Waals surface area (Å²) in [5.74, 6) is -0.360. The molecule has 1 heterocycles. The van der Waals surface area contributed by atoms with Crippen LogP contribution in [0, 0.1) is 0 Å². The number of thiophene rings is 1. The summed E-state index contributed by atoms with van der Waals surface area (Å²) in [6.07, 6.45) is 0. The molecule has 0 saturated carbocycles. The molecule has 0 amide bonds. The van der Waals surface area contributed by atoms with Gasteiger partial charge < -0.3 is 14.2 Å². The summed E-state index contributed by atoms with van der Waals surface area (Å²) in [5, 5.41) is 0.660. The number of esters is 1. The van der Waals surface area contributed by atoms with E-state index in [1.165, 1.54) is 18.4 Å². The molecule has 0 aliphatic heterocycles. The molecule has 6 heteroatoms. The quantitative estimate of drug-likeness (QED) is 0.609. The van der Waals surface area contributed by atoms with Crippen LogP contribution in [0.1, 0.15) is 30.4 Å². The summed E-state index contributed by atoms with van der Waals surface area (Å²) in [4.78, 5) is 11.8. The lowest BCUT2D eigenvalue weighted by molar-refractivity contribution is -0.0159. The van der Waals surface area contributed by atoms with E-state index in [4.69, 9.17) is 9.47 Å². The van der Waals surface area contributed by atoms with E-state index in [2.05, 4.69) is 20.7 Å². The number of hydrogen-bond acceptors (Lipinski definition) is 5. The summed E-state index contributed by atoms with van der Waals surface area (Å²) in [6, 6.07) is 1.69. The molecule has 0 aromatic carbocycles. The van der Waals surface area contributed by atoms with Crippen LogP contribution < -0.4 is 4.74 Å². The van der Waals surface area contributed by atoms with Gasteiger partial charge in [-0.15, -0.1) is 0 Å². The Hall–Kier alpha value is -0.590. The van der Waals surface area contributed by atoms with E-state index in [9.17, 15) is 4.79 Å². The van der Waals surface area contributed by atoms with Crippen molar-refractivity contribution >= 4 is 33.2 Å². The lowest BCUT2D eigenvalue weighted by Crippen LogP contribution is -2.22. The van der Waals surface area contributed by atoms with Crippen molar-refractivity contribution in [1.82, 2.24) is 0 Å². The van der Waals surface area contributed by atoms with Crippen LogP contribution in [0.5, 0.6) is 5.06 Å². The van der Waals surface area contributed by atoms with Gasteiger partial charge in [-0.05, 0) is 42.8 Å². The Labute approximate surface area is 119 Å². The zero-order chi connectivity index (χ0) is 13.8.